The molecule has 1 amide bonds. The summed E-state index contributed by atoms with van der Waals surface area (Å²) < 4.78 is 38.6. The highest BCUT2D eigenvalue weighted by molar-refractivity contribution is 7.10. The number of halogens is 3. The largest absolute Gasteiger partial charge is 0.433 e. The normalized spacial score (nSPS) is 16.1. The van der Waals surface area contributed by atoms with E-state index in [1.165, 1.54) is 6.07 Å². The Bertz CT molecular complexity index is 1030. The maximum atomic E-state index is 12.9. The Morgan fingerprint density at radius 1 is 1.25 bits per heavy atom. The molecule has 0 aliphatic carbocycles. The number of rotatable bonds is 2. The summed E-state index contributed by atoms with van der Waals surface area (Å²) in [5, 5.41) is 1.92. The minimum Gasteiger partial charge on any atom is -0.357 e. The van der Waals surface area contributed by atoms with E-state index >= 15 is 0 Å². The molecule has 1 N–H and O–H groups in total. The van der Waals surface area contributed by atoms with Crippen LogP contribution in [0.15, 0.2) is 23.6 Å². The van der Waals surface area contributed by atoms with Gasteiger partial charge >= 0.3 is 6.18 Å². The van der Waals surface area contributed by atoms with Gasteiger partial charge in [-0.2, -0.15) is 13.2 Å². The van der Waals surface area contributed by atoms with Gasteiger partial charge in [-0.1, -0.05) is 0 Å². The van der Waals surface area contributed by atoms with Gasteiger partial charge in [0.2, 0.25) is 0 Å². The van der Waals surface area contributed by atoms with Gasteiger partial charge in [0, 0.05) is 35.0 Å². The highest BCUT2D eigenvalue weighted by Gasteiger charge is 2.33. The molecule has 8 heteroatoms. The smallest absolute Gasteiger partial charge is 0.357 e. The fraction of sp³-hybridized carbons (Fsp3) is 0.400. The van der Waals surface area contributed by atoms with Crippen molar-refractivity contribution in [2.75, 3.05) is 13.1 Å². The van der Waals surface area contributed by atoms with Crippen LogP contribution in [0.4, 0.5) is 13.2 Å². The van der Waals surface area contributed by atoms with Gasteiger partial charge in [0.1, 0.15) is 5.69 Å². The number of amides is 1. The first-order valence-corrected chi connectivity index (χ1v) is 10.0. The number of pyridine rings is 1. The van der Waals surface area contributed by atoms with Crippen LogP contribution in [0.25, 0.3) is 11.0 Å². The number of hydrogen-bond acceptors (Lipinski definition) is 3. The van der Waals surface area contributed by atoms with Gasteiger partial charge in [0.05, 0.1) is 16.6 Å². The zero-order valence-electron chi connectivity index (χ0n) is 15.6. The SMILES string of the molecule is Cc1scc(C(=O)N2CCC(c3cc4nc(C(F)(F)F)ccc4[nH]3)CC2)c1C. The van der Waals surface area contributed by atoms with Crippen LogP contribution in [0.2, 0.25) is 0 Å². The Balaban J connectivity index is 1.47. The minimum atomic E-state index is -4.45. The van der Waals surface area contributed by atoms with E-state index in [-0.39, 0.29) is 11.8 Å². The number of likely N-dealkylation sites (tertiary alicyclic amines) is 1. The molecule has 0 saturated carbocycles. The van der Waals surface area contributed by atoms with Crippen molar-refractivity contribution in [1.82, 2.24) is 14.9 Å². The highest BCUT2D eigenvalue weighted by atomic mass is 32.1. The number of alkyl halides is 3. The van der Waals surface area contributed by atoms with Crippen molar-refractivity contribution in [2.24, 2.45) is 0 Å². The summed E-state index contributed by atoms with van der Waals surface area (Å²) in [6, 6.07) is 4.13. The molecule has 1 aliphatic heterocycles. The van der Waals surface area contributed by atoms with E-state index in [0.29, 0.717) is 24.1 Å². The molecule has 0 bridgehead atoms. The van der Waals surface area contributed by atoms with E-state index in [1.807, 2.05) is 24.1 Å². The van der Waals surface area contributed by atoms with Crippen LogP contribution in [0.5, 0.6) is 0 Å². The number of aromatic nitrogens is 2. The topological polar surface area (TPSA) is 49.0 Å². The summed E-state index contributed by atoms with van der Waals surface area (Å²) >= 11 is 1.59. The first-order valence-electron chi connectivity index (χ1n) is 9.15. The number of carbonyl (C=O) groups is 1. The maximum absolute atomic E-state index is 12.9. The molecule has 0 aromatic carbocycles. The van der Waals surface area contributed by atoms with E-state index in [2.05, 4.69) is 9.97 Å². The molecule has 1 fully saturated rings. The number of carbonyl (C=O) groups excluding carboxylic acids is 1. The van der Waals surface area contributed by atoms with Crippen LogP contribution in [-0.2, 0) is 6.18 Å². The molecule has 0 unspecified atom stereocenters. The van der Waals surface area contributed by atoms with Crippen molar-refractivity contribution in [3.63, 3.8) is 0 Å². The zero-order chi connectivity index (χ0) is 20.1. The van der Waals surface area contributed by atoms with Crippen LogP contribution in [0.1, 0.15) is 50.9 Å². The van der Waals surface area contributed by atoms with Gasteiger partial charge in [-0.25, -0.2) is 4.98 Å². The average Bonchev–Trinajstić information content (AvgIpc) is 3.24. The van der Waals surface area contributed by atoms with E-state index in [0.717, 1.165) is 40.6 Å². The zero-order valence-corrected chi connectivity index (χ0v) is 16.4. The molecule has 0 radical (unpaired) electrons. The lowest BCUT2D eigenvalue weighted by atomic mass is 9.93. The molecule has 3 aromatic heterocycles. The Kier molecular flexibility index (Phi) is 4.69. The minimum absolute atomic E-state index is 0.0634. The predicted octanol–water partition coefficient (Wildman–Crippen LogP) is 5.28. The lowest BCUT2D eigenvalue weighted by molar-refractivity contribution is -0.140. The number of fused-ring (bicyclic) bond motifs is 1. The van der Waals surface area contributed by atoms with Gasteiger partial charge < -0.3 is 9.88 Å². The molecule has 28 heavy (non-hydrogen) atoms. The molecule has 3 aromatic rings. The predicted molar refractivity (Wildman–Crippen MR) is 103 cm³/mol. The van der Waals surface area contributed by atoms with Crippen LogP contribution < -0.4 is 0 Å². The third-order valence-electron chi connectivity index (χ3n) is 5.52. The van der Waals surface area contributed by atoms with E-state index < -0.39 is 11.9 Å². The van der Waals surface area contributed by atoms with Gasteiger partial charge in [0.15, 0.2) is 0 Å². The third kappa shape index (κ3) is 3.41. The number of aromatic amines is 1. The second-order valence-electron chi connectivity index (χ2n) is 7.25. The summed E-state index contributed by atoms with van der Waals surface area (Å²) in [6.45, 7) is 5.25. The molecule has 4 heterocycles. The monoisotopic (exact) mass is 407 g/mol. The Hall–Kier alpha value is -2.35. The van der Waals surface area contributed by atoms with E-state index in [4.69, 9.17) is 0 Å². The van der Waals surface area contributed by atoms with Crippen LogP contribution in [-0.4, -0.2) is 33.9 Å². The molecule has 1 aliphatic rings. The number of nitrogens with zero attached hydrogens (tertiary/aromatic N) is 2. The lowest BCUT2D eigenvalue weighted by Gasteiger charge is -2.31. The van der Waals surface area contributed by atoms with Crippen molar-refractivity contribution in [1.29, 1.82) is 0 Å². The number of H-pyrrole nitrogens is 1. The summed E-state index contributed by atoms with van der Waals surface area (Å²) in [5.74, 6) is 0.242. The Labute approximate surface area is 164 Å². The van der Waals surface area contributed by atoms with Crippen molar-refractivity contribution in [3.8, 4) is 0 Å². The second-order valence-corrected chi connectivity index (χ2v) is 8.33. The van der Waals surface area contributed by atoms with Crippen molar-refractivity contribution < 1.29 is 18.0 Å². The average molecular weight is 407 g/mol. The second kappa shape index (κ2) is 6.92. The summed E-state index contributed by atoms with van der Waals surface area (Å²) in [6.07, 6.45) is -2.91. The van der Waals surface area contributed by atoms with Crippen molar-refractivity contribution in [3.05, 3.63) is 51.0 Å². The van der Waals surface area contributed by atoms with Crippen LogP contribution >= 0.6 is 11.3 Å². The fourth-order valence-corrected chi connectivity index (χ4v) is 4.55. The van der Waals surface area contributed by atoms with Gasteiger partial charge in [-0.3, -0.25) is 4.79 Å². The highest BCUT2D eigenvalue weighted by Crippen LogP contribution is 2.33. The van der Waals surface area contributed by atoms with Crippen LogP contribution in [0.3, 0.4) is 0 Å². The molecular weight excluding hydrogens is 387 g/mol. The van der Waals surface area contributed by atoms with Crippen LogP contribution in [0, 0.1) is 13.8 Å². The number of aryl methyl sites for hydroxylation is 1. The quantitative estimate of drug-likeness (QED) is 0.628. The van der Waals surface area contributed by atoms with Gasteiger partial charge in [0.25, 0.3) is 5.91 Å². The number of hydrogen-bond donors (Lipinski definition) is 1. The fourth-order valence-electron chi connectivity index (χ4n) is 3.70. The maximum Gasteiger partial charge on any atom is 0.433 e. The molecule has 148 valence electrons. The Morgan fingerprint density at radius 2 is 1.96 bits per heavy atom. The summed E-state index contributed by atoms with van der Waals surface area (Å²) in [7, 11) is 0. The van der Waals surface area contributed by atoms with Crippen molar-refractivity contribution >= 4 is 28.3 Å². The molecule has 4 nitrogen and oxygen atoms in total. The summed E-state index contributed by atoms with van der Waals surface area (Å²) in [4.78, 5) is 22.7. The number of piperidine rings is 1. The first kappa shape index (κ1) is 19.0. The molecule has 0 spiro atoms. The van der Waals surface area contributed by atoms with Crippen molar-refractivity contribution in [2.45, 2.75) is 38.8 Å². The number of nitrogens with one attached hydrogen (secondary N) is 1. The summed E-state index contributed by atoms with van der Waals surface area (Å²) in [5.41, 5.74) is 2.75. The van der Waals surface area contributed by atoms with Gasteiger partial charge in [-0.05, 0) is 50.5 Å². The molecule has 0 atom stereocenters. The van der Waals surface area contributed by atoms with E-state index in [9.17, 15) is 18.0 Å². The Morgan fingerprint density at radius 3 is 2.57 bits per heavy atom. The van der Waals surface area contributed by atoms with Gasteiger partial charge in [-0.15, -0.1) is 11.3 Å². The number of thiophene rings is 1. The lowest BCUT2D eigenvalue weighted by Crippen LogP contribution is -2.38. The third-order valence-corrected chi connectivity index (χ3v) is 6.54. The first-order chi connectivity index (χ1) is 13.2. The standard InChI is InChI=1S/C20H20F3N3OS/c1-11-12(2)28-10-14(11)19(27)26-7-5-13(6-8-26)16-9-17-15(24-16)3-4-18(25-17)20(21,22)23/h3-4,9-10,13,24H,5-8H2,1-2H3. The van der Waals surface area contributed by atoms with E-state index in [1.54, 1.807) is 17.4 Å². The molecular formula is C20H20F3N3OS. The molecule has 1 saturated heterocycles. The molecule has 4 rings (SSSR count).